The van der Waals surface area contributed by atoms with Gasteiger partial charge in [-0.2, -0.15) is 0 Å². The molecule has 1 N–H and O–H groups in total. The highest BCUT2D eigenvalue weighted by Gasteiger charge is 2.53. The molecule has 1 aliphatic rings. The molecule has 0 aliphatic carbocycles. The van der Waals surface area contributed by atoms with Crippen LogP contribution in [0.4, 0.5) is 4.39 Å². The second-order valence-electron chi connectivity index (χ2n) is 7.92. The molecule has 0 unspecified atom stereocenters. The zero-order valence-electron chi connectivity index (χ0n) is 16.0. The SMILES string of the molecule is CC(=C(F)B1OC(C)(C)C(C)(C)O1)c1ccccc1C#CC(C)(C)O. The second kappa shape index (κ2) is 6.61. The van der Waals surface area contributed by atoms with Gasteiger partial charge in [0.05, 0.1) is 11.2 Å². The van der Waals surface area contributed by atoms with Gasteiger partial charge in [0, 0.05) is 5.56 Å². The van der Waals surface area contributed by atoms with Crippen LogP contribution in [0.2, 0.25) is 0 Å². The van der Waals surface area contributed by atoms with E-state index in [4.69, 9.17) is 9.31 Å². The van der Waals surface area contributed by atoms with Crippen molar-refractivity contribution in [2.45, 2.75) is 65.3 Å². The molecule has 0 bridgehead atoms. The summed E-state index contributed by atoms with van der Waals surface area (Å²) in [5.41, 5.74) is -1.06. The topological polar surface area (TPSA) is 38.7 Å². The smallest absolute Gasteiger partial charge is 0.398 e. The maximum absolute atomic E-state index is 15.1. The van der Waals surface area contributed by atoms with E-state index in [9.17, 15) is 5.11 Å². The van der Waals surface area contributed by atoms with Crippen LogP contribution in [0.5, 0.6) is 0 Å². The fourth-order valence-electron chi connectivity index (χ4n) is 2.39. The van der Waals surface area contributed by atoms with Crippen LogP contribution < -0.4 is 0 Å². The number of rotatable bonds is 2. The maximum Gasteiger partial charge on any atom is 0.525 e. The predicted molar refractivity (Wildman–Crippen MR) is 99.4 cm³/mol. The average Bonchev–Trinajstić information content (AvgIpc) is 2.71. The van der Waals surface area contributed by atoms with Gasteiger partial charge in [-0.3, -0.25) is 0 Å². The molecule has 2 rings (SSSR count). The summed E-state index contributed by atoms with van der Waals surface area (Å²) in [6.07, 6.45) is 0. The number of hydrogen-bond acceptors (Lipinski definition) is 3. The fourth-order valence-corrected chi connectivity index (χ4v) is 2.39. The molecule has 1 saturated heterocycles. The van der Waals surface area contributed by atoms with Crippen LogP contribution in [0.15, 0.2) is 30.0 Å². The zero-order chi connectivity index (χ0) is 19.0. The molecule has 0 saturated carbocycles. The number of aliphatic hydroxyl groups is 1. The molecule has 0 radical (unpaired) electrons. The Bertz CT molecular complexity index is 732. The lowest BCUT2D eigenvalue weighted by atomic mass is 9.82. The quantitative estimate of drug-likeness (QED) is 0.647. The highest BCUT2D eigenvalue weighted by Crippen LogP contribution is 2.40. The van der Waals surface area contributed by atoms with Crippen molar-refractivity contribution in [3.63, 3.8) is 0 Å². The third-order valence-electron chi connectivity index (χ3n) is 4.65. The van der Waals surface area contributed by atoms with E-state index in [2.05, 4.69) is 11.8 Å². The van der Waals surface area contributed by atoms with Crippen molar-refractivity contribution in [3.8, 4) is 11.8 Å². The minimum Gasteiger partial charge on any atom is -0.398 e. The Balaban J connectivity index is 2.42. The zero-order valence-corrected chi connectivity index (χ0v) is 16.0. The van der Waals surface area contributed by atoms with Crippen molar-refractivity contribution < 1.29 is 18.8 Å². The monoisotopic (exact) mass is 344 g/mol. The first-order valence-electron chi connectivity index (χ1n) is 8.41. The van der Waals surface area contributed by atoms with Crippen LogP contribution in [0.3, 0.4) is 0 Å². The highest BCUT2D eigenvalue weighted by molar-refractivity contribution is 6.55. The molecule has 0 aromatic heterocycles. The van der Waals surface area contributed by atoms with E-state index >= 15 is 4.39 Å². The van der Waals surface area contributed by atoms with Crippen molar-refractivity contribution in [2.24, 2.45) is 0 Å². The van der Waals surface area contributed by atoms with Crippen LogP contribution in [-0.2, 0) is 9.31 Å². The molecule has 3 nitrogen and oxygen atoms in total. The second-order valence-corrected chi connectivity index (χ2v) is 7.92. The van der Waals surface area contributed by atoms with Gasteiger partial charge in [0.15, 0.2) is 0 Å². The predicted octanol–water partition coefficient (Wildman–Crippen LogP) is 4.14. The van der Waals surface area contributed by atoms with Gasteiger partial charge in [0.2, 0.25) is 0 Å². The van der Waals surface area contributed by atoms with E-state index in [1.165, 1.54) is 0 Å². The van der Waals surface area contributed by atoms with Gasteiger partial charge >= 0.3 is 7.12 Å². The molecule has 0 amide bonds. The fraction of sp³-hybridized carbons (Fsp3) is 0.500. The number of hydrogen-bond donors (Lipinski definition) is 1. The van der Waals surface area contributed by atoms with E-state index in [0.29, 0.717) is 16.7 Å². The Morgan fingerprint density at radius 3 is 2.16 bits per heavy atom. The van der Waals surface area contributed by atoms with Crippen molar-refractivity contribution in [1.29, 1.82) is 0 Å². The molecule has 0 spiro atoms. The molecule has 0 atom stereocenters. The lowest BCUT2D eigenvalue weighted by molar-refractivity contribution is 0.00578. The molecule has 1 aromatic rings. The van der Waals surface area contributed by atoms with Crippen molar-refractivity contribution in [3.05, 3.63) is 41.1 Å². The number of benzene rings is 1. The molecule has 25 heavy (non-hydrogen) atoms. The summed E-state index contributed by atoms with van der Waals surface area (Å²) in [4.78, 5) is 0. The highest BCUT2D eigenvalue weighted by atomic mass is 19.1. The third-order valence-corrected chi connectivity index (χ3v) is 4.65. The van der Waals surface area contributed by atoms with Crippen LogP contribution in [0.1, 0.15) is 59.6 Å². The van der Waals surface area contributed by atoms with Gasteiger partial charge in [0.1, 0.15) is 11.3 Å². The van der Waals surface area contributed by atoms with Gasteiger partial charge < -0.3 is 14.4 Å². The molecule has 1 aliphatic heterocycles. The Hall–Kier alpha value is -1.61. The molecule has 5 heteroatoms. The minimum absolute atomic E-state index is 0.416. The van der Waals surface area contributed by atoms with Gasteiger partial charge in [-0.25, -0.2) is 4.39 Å². The van der Waals surface area contributed by atoms with Gasteiger partial charge in [-0.05, 0) is 65.7 Å². The largest absolute Gasteiger partial charge is 0.525 e. The lowest BCUT2D eigenvalue weighted by Crippen LogP contribution is -2.41. The first-order chi connectivity index (χ1) is 11.3. The summed E-state index contributed by atoms with van der Waals surface area (Å²) < 4.78 is 26.6. The van der Waals surface area contributed by atoms with Gasteiger partial charge in [-0.1, -0.05) is 30.0 Å². The van der Waals surface area contributed by atoms with Crippen LogP contribution in [-0.4, -0.2) is 29.0 Å². The van der Waals surface area contributed by atoms with Crippen LogP contribution >= 0.6 is 0 Å². The molecular formula is C20H26BFO3. The van der Waals surface area contributed by atoms with E-state index in [0.717, 1.165) is 0 Å². The first kappa shape index (κ1) is 19.7. The van der Waals surface area contributed by atoms with E-state index in [-0.39, 0.29) is 0 Å². The van der Waals surface area contributed by atoms with Crippen LogP contribution in [0.25, 0.3) is 5.57 Å². The Labute approximate surface area is 150 Å². The Kier molecular flexibility index (Phi) is 5.21. The molecule has 1 heterocycles. The molecular weight excluding hydrogens is 318 g/mol. The van der Waals surface area contributed by atoms with E-state index in [1.807, 2.05) is 39.8 Å². The standard InChI is InChI=1S/C20H26BFO3/c1-14(17(22)21-24-19(4,5)20(6,7)25-21)16-11-9-8-10-15(16)12-13-18(2,3)23/h8-11,23H,1-7H3. The van der Waals surface area contributed by atoms with E-state index in [1.54, 1.807) is 32.9 Å². The summed E-state index contributed by atoms with van der Waals surface area (Å²) in [5, 5.41) is 9.81. The van der Waals surface area contributed by atoms with Crippen molar-refractivity contribution in [1.82, 2.24) is 0 Å². The first-order valence-corrected chi connectivity index (χ1v) is 8.41. The Morgan fingerprint density at radius 1 is 1.12 bits per heavy atom. The van der Waals surface area contributed by atoms with Crippen molar-refractivity contribution >= 4 is 12.7 Å². The average molecular weight is 344 g/mol. The third kappa shape index (κ3) is 4.33. The maximum atomic E-state index is 15.1. The number of halogens is 1. The normalized spacial score (nSPS) is 20.0. The van der Waals surface area contributed by atoms with Crippen LogP contribution in [0, 0.1) is 11.8 Å². The summed E-state index contributed by atoms with van der Waals surface area (Å²) in [5.74, 6) is 5.70. The summed E-state index contributed by atoms with van der Waals surface area (Å²) in [7, 11) is -1.04. The molecule has 1 fully saturated rings. The van der Waals surface area contributed by atoms with Gasteiger partial charge in [-0.15, -0.1) is 0 Å². The number of allylic oxidation sites excluding steroid dienone is 1. The summed E-state index contributed by atoms with van der Waals surface area (Å²) in [6, 6.07) is 7.26. The minimum atomic E-state index is -1.12. The molecule has 134 valence electrons. The summed E-state index contributed by atoms with van der Waals surface area (Å²) in [6.45, 7) is 12.4. The Morgan fingerprint density at radius 2 is 1.64 bits per heavy atom. The van der Waals surface area contributed by atoms with Gasteiger partial charge in [0.25, 0.3) is 0 Å². The molecule has 1 aromatic carbocycles. The van der Waals surface area contributed by atoms with E-state index < -0.39 is 29.6 Å². The summed E-state index contributed by atoms with van der Waals surface area (Å²) >= 11 is 0. The lowest BCUT2D eigenvalue weighted by Gasteiger charge is -2.32. The van der Waals surface area contributed by atoms with Crippen molar-refractivity contribution in [2.75, 3.05) is 0 Å².